The SMILES string of the molecule is O=C1OC(CCCN2CCN(Cc3ccc(F)c(F)c3)CC2)c2ccccc21. The Morgan fingerprint density at radius 1 is 0.964 bits per heavy atom. The van der Waals surface area contributed by atoms with Gasteiger partial charge in [-0.05, 0) is 43.1 Å². The number of halogens is 2. The smallest absolute Gasteiger partial charge is 0.339 e. The zero-order valence-electron chi connectivity index (χ0n) is 15.7. The van der Waals surface area contributed by atoms with Crippen LogP contribution < -0.4 is 0 Å². The summed E-state index contributed by atoms with van der Waals surface area (Å²) in [7, 11) is 0. The number of hydrogen-bond donors (Lipinski definition) is 0. The van der Waals surface area contributed by atoms with Crippen molar-refractivity contribution in [2.45, 2.75) is 25.5 Å². The van der Waals surface area contributed by atoms with E-state index in [-0.39, 0.29) is 12.1 Å². The number of hydrogen-bond acceptors (Lipinski definition) is 4. The molecule has 0 N–H and O–H groups in total. The van der Waals surface area contributed by atoms with Crippen LogP contribution in [0.4, 0.5) is 8.78 Å². The van der Waals surface area contributed by atoms with Crippen molar-refractivity contribution in [2.75, 3.05) is 32.7 Å². The molecule has 2 aliphatic rings. The molecule has 2 aromatic carbocycles. The Balaban J connectivity index is 1.20. The molecule has 0 aliphatic carbocycles. The van der Waals surface area contributed by atoms with Crippen LogP contribution in [-0.4, -0.2) is 48.5 Å². The van der Waals surface area contributed by atoms with E-state index in [4.69, 9.17) is 4.74 Å². The monoisotopic (exact) mass is 386 g/mol. The highest BCUT2D eigenvalue weighted by molar-refractivity contribution is 5.93. The van der Waals surface area contributed by atoms with E-state index in [1.165, 1.54) is 12.1 Å². The third-order valence-electron chi connectivity index (χ3n) is 5.57. The predicted molar refractivity (Wildman–Crippen MR) is 102 cm³/mol. The number of carbonyl (C=O) groups is 1. The molecule has 0 bridgehead atoms. The Labute approximate surface area is 163 Å². The van der Waals surface area contributed by atoms with Gasteiger partial charge in [-0.15, -0.1) is 0 Å². The second-order valence-electron chi connectivity index (χ2n) is 7.49. The van der Waals surface area contributed by atoms with Crippen molar-refractivity contribution in [3.63, 3.8) is 0 Å². The molecule has 148 valence electrons. The lowest BCUT2D eigenvalue weighted by atomic mass is 10.0. The molecule has 0 spiro atoms. The molecular weight excluding hydrogens is 362 g/mol. The third-order valence-corrected chi connectivity index (χ3v) is 5.57. The van der Waals surface area contributed by atoms with Crippen LogP contribution in [0.3, 0.4) is 0 Å². The number of cyclic esters (lactones) is 1. The first-order valence-electron chi connectivity index (χ1n) is 9.79. The van der Waals surface area contributed by atoms with E-state index in [0.29, 0.717) is 12.1 Å². The average molecular weight is 386 g/mol. The normalized spacial score (nSPS) is 20.2. The molecule has 0 saturated carbocycles. The van der Waals surface area contributed by atoms with Crippen molar-refractivity contribution >= 4 is 5.97 Å². The summed E-state index contributed by atoms with van der Waals surface area (Å²) >= 11 is 0. The van der Waals surface area contributed by atoms with Crippen LogP contribution in [0.2, 0.25) is 0 Å². The minimum absolute atomic E-state index is 0.127. The van der Waals surface area contributed by atoms with Gasteiger partial charge in [-0.2, -0.15) is 0 Å². The lowest BCUT2D eigenvalue weighted by Gasteiger charge is -2.34. The van der Waals surface area contributed by atoms with Crippen LogP contribution in [0, 0.1) is 11.6 Å². The molecule has 4 nitrogen and oxygen atoms in total. The summed E-state index contributed by atoms with van der Waals surface area (Å²) in [6.45, 7) is 5.31. The molecule has 1 atom stereocenters. The maximum Gasteiger partial charge on any atom is 0.339 e. The van der Waals surface area contributed by atoms with E-state index in [9.17, 15) is 13.6 Å². The second kappa shape index (κ2) is 8.37. The molecule has 2 aliphatic heterocycles. The van der Waals surface area contributed by atoms with Gasteiger partial charge in [0.25, 0.3) is 0 Å². The van der Waals surface area contributed by atoms with Gasteiger partial charge >= 0.3 is 5.97 Å². The number of rotatable bonds is 6. The molecular formula is C22H24F2N2O2. The van der Waals surface area contributed by atoms with E-state index >= 15 is 0 Å². The number of carbonyl (C=O) groups excluding carboxylic acids is 1. The lowest BCUT2D eigenvalue weighted by Crippen LogP contribution is -2.46. The highest BCUT2D eigenvalue weighted by Crippen LogP contribution is 2.33. The van der Waals surface area contributed by atoms with Gasteiger partial charge in [0.05, 0.1) is 5.56 Å². The zero-order valence-corrected chi connectivity index (χ0v) is 15.7. The van der Waals surface area contributed by atoms with Gasteiger partial charge in [0.15, 0.2) is 11.6 Å². The van der Waals surface area contributed by atoms with Crippen LogP contribution in [0.25, 0.3) is 0 Å². The summed E-state index contributed by atoms with van der Waals surface area (Å²) in [5.41, 5.74) is 2.50. The maximum atomic E-state index is 13.3. The first-order valence-corrected chi connectivity index (χ1v) is 9.79. The molecule has 4 rings (SSSR count). The molecule has 2 aromatic rings. The van der Waals surface area contributed by atoms with Crippen LogP contribution in [-0.2, 0) is 11.3 Å². The first kappa shape index (κ1) is 19.0. The average Bonchev–Trinajstić information content (AvgIpc) is 3.02. The van der Waals surface area contributed by atoms with Gasteiger partial charge in [-0.3, -0.25) is 4.90 Å². The van der Waals surface area contributed by atoms with E-state index in [2.05, 4.69) is 9.80 Å². The minimum Gasteiger partial charge on any atom is -0.454 e. The summed E-state index contributed by atoms with van der Waals surface area (Å²) in [6.07, 6.45) is 1.67. The van der Waals surface area contributed by atoms with Gasteiger partial charge < -0.3 is 9.64 Å². The van der Waals surface area contributed by atoms with Crippen molar-refractivity contribution < 1.29 is 18.3 Å². The summed E-state index contributed by atoms with van der Waals surface area (Å²) in [5, 5.41) is 0. The molecule has 2 heterocycles. The predicted octanol–water partition coefficient (Wildman–Crippen LogP) is 3.77. The first-order chi connectivity index (χ1) is 13.6. The third kappa shape index (κ3) is 4.23. The van der Waals surface area contributed by atoms with Gasteiger partial charge in [-0.25, -0.2) is 13.6 Å². The lowest BCUT2D eigenvalue weighted by molar-refractivity contribution is 0.0353. The maximum absolute atomic E-state index is 13.3. The van der Waals surface area contributed by atoms with Crippen LogP contribution in [0.1, 0.15) is 40.4 Å². The summed E-state index contributed by atoms with van der Waals surface area (Å²) < 4.78 is 31.9. The number of esters is 1. The fraction of sp³-hybridized carbons (Fsp3) is 0.409. The van der Waals surface area contributed by atoms with E-state index in [0.717, 1.165) is 56.7 Å². The molecule has 0 radical (unpaired) electrons. The van der Waals surface area contributed by atoms with E-state index < -0.39 is 11.6 Å². The number of piperazine rings is 1. The Bertz CT molecular complexity index is 850. The Morgan fingerprint density at radius 3 is 2.50 bits per heavy atom. The summed E-state index contributed by atoms with van der Waals surface area (Å²) in [4.78, 5) is 16.6. The molecule has 1 fully saturated rings. The zero-order chi connectivity index (χ0) is 19.5. The Hall–Kier alpha value is -2.31. The van der Waals surface area contributed by atoms with Crippen LogP contribution in [0.5, 0.6) is 0 Å². The number of ether oxygens (including phenoxy) is 1. The Morgan fingerprint density at radius 2 is 1.71 bits per heavy atom. The Kier molecular flexibility index (Phi) is 5.69. The molecule has 1 saturated heterocycles. The van der Waals surface area contributed by atoms with Crippen LogP contribution >= 0.6 is 0 Å². The molecule has 28 heavy (non-hydrogen) atoms. The quantitative estimate of drug-likeness (QED) is 0.708. The second-order valence-corrected chi connectivity index (χ2v) is 7.49. The highest BCUT2D eigenvalue weighted by Gasteiger charge is 2.30. The molecule has 1 unspecified atom stereocenters. The fourth-order valence-electron chi connectivity index (χ4n) is 4.00. The minimum atomic E-state index is -0.802. The number of fused-ring (bicyclic) bond motifs is 1. The van der Waals surface area contributed by atoms with Gasteiger partial charge in [0.2, 0.25) is 0 Å². The van der Waals surface area contributed by atoms with Crippen molar-refractivity contribution in [3.8, 4) is 0 Å². The van der Waals surface area contributed by atoms with Crippen molar-refractivity contribution in [1.29, 1.82) is 0 Å². The molecule has 0 amide bonds. The molecule has 0 aromatic heterocycles. The van der Waals surface area contributed by atoms with E-state index in [1.54, 1.807) is 6.07 Å². The fourth-order valence-corrected chi connectivity index (χ4v) is 4.00. The summed E-state index contributed by atoms with van der Waals surface area (Å²) in [5.74, 6) is -1.80. The molecule has 6 heteroatoms. The van der Waals surface area contributed by atoms with Gasteiger partial charge in [0.1, 0.15) is 6.10 Å². The van der Waals surface area contributed by atoms with Gasteiger partial charge in [-0.1, -0.05) is 24.3 Å². The van der Waals surface area contributed by atoms with Gasteiger partial charge in [0, 0.05) is 38.3 Å². The number of nitrogens with zero attached hydrogens (tertiary/aromatic N) is 2. The topological polar surface area (TPSA) is 32.8 Å². The summed E-state index contributed by atoms with van der Waals surface area (Å²) in [6, 6.07) is 11.7. The van der Waals surface area contributed by atoms with Crippen LogP contribution in [0.15, 0.2) is 42.5 Å². The number of benzene rings is 2. The highest BCUT2D eigenvalue weighted by atomic mass is 19.2. The standard InChI is InChI=1S/C22H24F2N2O2/c23-19-8-7-16(14-20(19)24)15-26-12-10-25(11-13-26)9-3-6-21-17-4-1-2-5-18(17)22(27)28-21/h1-2,4-5,7-8,14,21H,3,6,9-13,15H2. The largest absolute Gasteiger partial charge is 0.454 e. The van der Waals surface area contributed by atoms with Crippen molar-refractivity contribution in [3.05, 3.63) is 70.8 Å². The van der Waals surface area contributed by atoms with Crippen molar-refractivity contribution in [2.24, 2.45) is 0 Å². The van der Waals surface area contributed by atoms with E-state index in [1.807, 2.05) is 24.3 Å². The van der Waals surface area contributed by atoms with Crippen molar-refractivity contribution in [1.82, 2.24) is 9.80 Å².